The van der Waals surface area contributed by atoms with E-state index in [-0.39, 0.29) is 18.4 Å². The molecule has 8 heteroatoms. The van der Waals surface area contributed by atoms with Crippen molar-refractivity contribution in [3.8, 4) is 0 Å². The van der Waals surface area contributed by atoms with Crippen molar-refractivity contribution in [1.29, 1.82) is 0 Å². The van der Waals surface area contributed by atoms with Crippen LogP contribution < -0.4 is 5.32 Å². The molecular formula is C17H20ClN3O4. The zero-order valence-corrected chi connectivity index (χ0v) is 14.9. The summed E-state index contributed by atoms with van der Waals surface area (Å²) in [7, 11) is 1.59. The summed E-state index contributed by atoms with van der Waals surface area (Å²) in [5.74, 6) is 0.267. The van der Waals surface area contributed by atoms with E-state index in [0.29, 0.717) is 41.7 Å². The summed E-state index contributed by atoms with van der Waals surface area (Å²) in [6.07, 6.45) is 0.610. The minimum absolute atomic E-state index is 0.110. The molecule has 0 radical (unpaired) electrons. The van der Waals surface area contributed by atoms with Gasteiger partial charge in [-0.1, -0.05) is 22.8 Å². The van der Waals surface area contributed by atoms with Gasteiger partial charge in [0.2, 0.25) is 5.91 Å². The Balaban J connectivity index is 2.06. The molecule has 1 heterocycles. The number of hydrogen-bond donors (Lipinski definition) is 1. The molecular weight excluding hydrogens is 346 g/mol. The first-order valence-electron chi connectivity index (χ1n) is 7.76. The first-order chi connectivity index (χ1) is 12.0. The molecule has 0 spiro atoms. The molecule has 0 saturated heterocycles. The lowest BCUT2D eigenvalue weighted by Crippen LogP contribution is -2.39. The van der Waals surface area contributed by atoms with Gasteiger partial charge in [0.15, 0.2) is 5.82 Å². The highest BCUT2D eigenvalue weighted by molar-refractivity contribution is 6.31. The summed E-state index contributed by atoms with van der Waals surface area (Å²) in [6.45, 7) is 2.48. The normalized spacial score (nSPS) is 10.5. The number of hydrogen-bond acceptors (Lipinski definition) is 5. The molecule has 0 bridgehead atoms. The molecule has 1 aromatic carbocycles. The highest BCUT2D eigenvalue weighted by Gasteiger charge is 2.19. The molecule has 0 unspecified atom stereocenters. The zero-order chi connectivity index (χ0) is 18.2. The average molecular weight is 366 g/mol. The molecule has 0 aliphatic heterocycles. The van der Waals surface area contributed by atoms with Crippen LogP contribution in [0.3, 0.4) is 0 Å². The SMILES string of the molecule is COCCCN(CC(=O)Nc1cc(C)on1)C(=O)c1cccc(Cl)c1. The Labute approximate surface area is 150 Å². The predicted molar refractivity (Wildman–Crippen MR) is 93.7 cm³/mol. The van der Waals surface area contributed by atoms with Gasteiger partial charge in [-0.05, 0) is 31.5 Å². The Morgan fingerprint density at radius 2 is 2.16 bits per heavy atom. The maximum absolute atomic E-state index is 12.7. The number of halogens is 1. The molecule has 1 aromatic heterocycles. The smallest absolute Gasteiger partial charge is 0.254 e. The molecule has 2 aromatic rings. The van der Waals surface area contributed by atoms with Crippen LogP contribution in [-0.4, -0.2) is 48.7 Å². The third kappa shape index (κ3) is 5.88. The van der Waals surface area contributed by atoms with Crippen LogP contribution >= 0.6 is 11.6 Å². The number of nitrogens with zero attached hydrogens (tertiary/aromatic N) is 2. The second-order valence-electron chi connectivity index (χ2n) is 5.45. The van der Waals surface area contributed by atoms with E-state index in [0.717, 1.165) is 0 Å². The molecule has 25 heavy (non-hydrogen) atoms. The highest BCUT2D eigenvalue weighted by Crippen LogP contribution is 2.13. The van der Waals surface area contributed by atoms with Crippen LogP contribution in [-0.2, 0) is 9.53 Å². The number of aromatic nitrogens is 1. The molecule has 2 amide bonds. The van der Waals surface area contributed by atoms with Gasteiger partial charge in [0.25, 0.3) is 5.91 Å². The number of benzene rings is 1. The Kier molecular flexibility index (Phi) is 6.97. The summed E-state index contributed by atoms with van der Waals surface area (Å²) in [6, 6.07) is 8.23. The van der Waals surface area contributed by atoms with Crippen LogP contribution in [0.5, 0.6) is 0 Å². The predicted octanol–water partition coefficient (Wildman–Crippen LogP) is 2.75. The Hall–Kier alpha value is -2.38. The summed E-state index contributed by atoms with van der Waals surface area (Å²) >= 11 is 5.95. The molecule has 0 aliphatic rings. The molecule has 7 nitrogen and oxygen atoms in total. The summed E-state index contributed by atoms with van der Waals surface area (Å²) in [5, 5.41) is 6.77. The van der Waals surface area contributed by atoms with Crippen molar-refractivity contribution >= 4 is 29.2 Å². The summed E-state index contributed by atoms with van der Waals surface area (Å²) in [5.41, 5.74) is 0.426. The number of nitrogens with one attached hydrogen (secondary N) is 1. The fraction of sp³-hybridized carbons (Fsp3) is 0.353. The standard InChI is InChI=1S/C17H20ClN3O4/c1-12-9-15(20-25-12)19-16(22)11-21(7-4-8-24-2)17(23)13-5-3-6-14(18)10-13/h3,5-6,9-10H,4,7-8,11H2,1-2H3,(H,19,20,22). The van der Waals surface area contributed by atoms with Gasteiger partial charge in [-0.2, -0.15) is 0 Å². The fourth-order valence-electron chi connectivity index (χ4n) is 2.24. The zero-order valence-electron chi connectivity index (χ0n) is 14.1. The van der Waals surface area contributed by atoms with Gasteiger partial charge in [-0.15, -0.1) is 0 Å². The van der Waals surface area contributed by atoms with Crippen LogP contribution in [0, 0.1) is 6.92 Å². The first-order valence-corrected chi connectivity index (χ1v) is 8.14. The van der Waals surface area contributed by atoms with E-state index >= 15 is 0 Å². The number of ether oxygens (including phenoxy) is 1. The Bertz CT molecular complexity index is 732. The molecule has 0 aliphatic carbocycles. The average Bonchev–Trinajstić information content (AvgIpc) is 2.98. The lowest BCUT2D eigenvalue weighted by atomic mass is 10.2. The van der Waals surface area contributed by atoms with Gasteiger partial charge in [-0.25, -0.2) is 0 Å². The minimum atomic E-state index is -0.360. The van der Waals surface area contributed by atoms with Crippen molar-refractivity contribution in [3.05, 3.63) is 46.7 Å². The maximum Gasteiger partial charge on any atom is 0.254 e. The largest absolute Gasteiger partial charge is 0.385 e. The van der Waals surface area contributed by atoms with Crippen molar-refractivity contribution in [1.82, 2.24) is 10.1 Å². The fourth-order valence-corrected chi connectivity index (χ4v) is 2.43. The van der Waals surface area contributed by atoms with Crippen molar-refractivity contribution in [3.63, 3.8) is 0 Å². The van der Waals surface area contributed by atoms with Crippen molar-refractivity contribution in [2.24, 2.45) is 0 Å². The summed E-state index contributed by atoms with van der Waals surface area (Å²) in [4.78, 5) is 26.4. The third-order valence-electron chi connectivity index (χ3n) is 3.37. The van der Waals surface area contributed by atoms with Gasteiger partial charge in [0.1, 0.15) is 12.3 Å². The van der Waals surface area contributed by atoms with E-state index < -0.39 is 0 Å². The monoisotopic (exact) mass is 365 g/mol. The van der Waals surface area contributed by atoms with E-state index in [9.17, 15) is 9.59 Å². The third-order valence-corrected chi connectivity index (χ3v) is 3.60. The number of amides is 2. The molecule has 0 atom stereocenters. The van der Waals surface area contributed by atoms with E-state index in [1.165, 1.54) is 4.90 Å². The van der Waals surface area contributed by atoms with Crippen molar-refractivity contribution < 1.29 is 18.8 Å². The van der Waals surface area contributed by atoms with Crippen molar-refractivity contribution in [2.45, 2.75) is 13.3 Å². The van der Waals surface area contributed by atoms with Crippen LogP contribution in [0.25, 0.3) is 0 Å². The number of carbonyl (C=O) groups is 2. The minimum Gasteiger partial charge on any atom is -0.385 e. The van der Waals surface area contributed by atoms with E-state index in [4.69, 9.17) is 20.9 Å². The van der Waals surface area contributed by atoms with Gasteiger partial charge in [-0.3, -0.25) is 9.59 Å². The number of anilines is 1. The molecule has 134 valence electrons. The maximum atomic E-state index is 12.7. The first kappa shape index (κ1) is 19.0. The summed E-state index contributed by atoms with van der Waals surface area (Å²) < 4.78 is 9.92. The van der Waals surface area contributed by atoms with Crippen LogP contribution in [0.4, 0.5) is 5.82 Å². The van der Waals surface area contributed by atoms with Crippen LogP contribution in [0.15, 0.2) is 34.9 Å². The number of carbonyl (C=O) groups excluding carboxylic acids is 2. The lowest BCUT2D eigenvalue weighted by Gasteiger charge is -2.22. The Morgan fingerprint density at radius 1 is 1.36 bits per heavy atom. The van der Waals surface area contributed by atoms with E-state index in [2.05, 4.69) is 10.5 Å². The quantitative estimate of drug-likeness (QED) is 0.727. The van der Waals surface area contributed by atoms with Gasteiger partial charge >= 0.3 is 0 Å². The molecule has 2 rings (SSSR count). The molecule has 0 saturated carbocycles. The molecule has 1 N–H and O–H groups in total. The Morgan fingerprint density at radius 3 is 2.80 bits per heavy atom. The lowest BCUT2D eigenvalue weighted by molar-refractivity contribution is -0.117. The van der Waals surface area contributed by atoms with Gasteiger partial charge in [0, 0.05) is 36.9 Å². The van der Waals surface area contributed by atoms with E-state index in [1.54, 1.807) is 44.4 Å². The number of aryl methyl sites for hydroxylation is 1. The topological polar surface area (TPSA) is 84.7 Å². The second kappa shape index (κ2) is 9.19. The second-order valence-corrected chi connectivity index (χ2v) is 5.89. The van der Waals surface area contributed by atoms with Gasteiger partial charge in [0.05, 0.1) is 0 Å². The highest BCUT2D eigenvalue weighted by atomic mass is 35.5. The molecule has 0 fully saturated rings. The van der Waals surface area contributed by atoms with E-state index in [1.807, 2.05) is 0 Å². The van der Waals surface area contributed by atoms with Crippen molar-refractivity contribution in [2.75, 3.05) is 32.1 Å². The number of rotatable bonds is 8. The van der Waals surface area contributed by atoms with Crippen LogP contribution in [0.1, 0.15) is 22.5 Å². The van der Waals surface area contributed by atoms with Gasteiger partial charge < -0.3 is 19.5 Å². The number of methoxy groups -OCH3 is 1. The van der Waals surface area contributed by atoms with Crippen LogP contribution in [0.2, 0.25) is 5.02 Å².